The summed E-state index contributed by atoms with van der Waals surface area (Å²) in [6.07, 6.45) is 3.70. The molecule has 0 saturated carbocycles. The summed E-state index contributed by atoms with van der Waals surface area (Å²) in [5.74, 6) is 0.792. The van der Waals surface area contributed by atoms with Gasteiger partial charge in [-0.3, -0.25) is 4.40 Å². The molecule has 3 N–H and O–H groups in total. The molecule has 14 heavy (non-hydrogen) atoms. The summed E-state index contributed by atoms with van der Waals surface area (Å²) in [4.78, 5) is 15.9. The lowest BCUT2D eigenvalue weighted by Gasteiger charge is -2.09. The lowest BCUT2D eigenvalue weighted by Crippen LogP contribution is -2.32. The molecule has 0 unspecified atom stereocenters. The first-order chi connectivity index (χ1) is 6.68. The van der Waals surface area contributed by atoms with E-state index in [1.54, 1.807) is 17.5 Å². The van der Waals surface area contributed by atoms with Crippen LogP contribution >= 0.6 is 11.3 Å². The van der Waals surface area contributed by atoms with E-state index in [1.165, 1.54) is 0 Å². The van der Waals surface area contributed by atoms with E-state index in [1.807, 2.05) is 22.9 Å². The van der Waals surface area contributed by atoms with E-state index in [9.17, 15) is 4.79 Å². The zero-order chi connectivity index (χ0) is 10.1. The fourth-order valence-electron chi connectivity index (χ4n) is 1.36. The first-order valence-electron chi connectivity index (χ1n) is 4.15. The number of urea groups is 1. The van der Waals surface area contributed by atoms with Crippen LogP contribution in [0.5, 0.6) is 0 Å². The highest BCUT2D eigenvalue weighted by molar-refractivity contribution is 7.15. The molecule has 0 saturated heterocycles. The zero-order valence-electron chi connectivity index (χ0n) is 7.60. The number of rotatable bonds is 2. The number of nitrogens with two attached hydrogens (primary N) is 1. The van der Waals surface area contributed by atoms with Crippen molar-refractivity contribution in [2.24, 2.45) is 5.73 Å². The quantitative estimate of drug-likeness (QED) is 0.779. The molecule has 0 aromatic carbocycles. The fourth-order valence-corrected chi connectivity index (χ4v) is 2.06. The summed E-state index contributed by atoms with van der Waals surface area (Å²) in [5.41, 5.74) is 5.03. The van der Waals surface area contributed by atoms with Crippen LogP contribution in [-0.4, -0.2) is 15.4 Å². The number of thiazole rings is 1. The van der Waals surface area contributed by atoms with E-state index in [2.05, 4.69) is 10.3 Å². The van der Waals surface area contributed by atoms with Gasteiger partial charge in [0.2, 0.25) is 0 Å². The minimum atomic E-state index is -0.538. The monoisotopic (exact) mass is 210 g/mol. The number of imidazole rings is 1. The van der Waals surface area contributed by atoms with Crippen LogP contribution in [0.25, 0.3) is 4.83 Å². The minimum absolute atomic E-state index is 0.176. The van der Waals surface area contributed by atoms with E-state index in [4.69, 9.17) is 5.73 Å². The van der Waals surface area contributed by atoms with Gasteiger partial charge in [-0.15, -0.1) is 11.3 Å². The van der Waals surface area contributed by atoms with Gasteiger partial charge in [-0.1, -0.05) is 0 Å². The maximum absolute atomic E-state index is 10.7. The van der Waals surface area contributed by atoms with Crippen molar-refractivity contribution in [1.29, 1.82) is 0 Å². The Hall–Kier alpha value is -1.56. The predicted octanol–water partition coefficient (Wildman–Crippen LogP) is 1.13. The Morgan fingerprint density at radius 1 is 1.79 bits per heavy atom. The molecular weight excluding hydrogens is 200 g/mol. The minimum Gasteiger partial charge on any atom is -0.352 e. The molecule has 0 aliphatic rings. The van der Waals surface area contributed by atoms with E-state index >= 15 is 0 Å². The standard InChI is InChI=1S/C8H10N4OS/c1-5(11-8(9)13)7-10-4-6-12(7)2-3-14-6/h2-5H,1H3,(H3,9,11,13)/t5-/m1/s1. The van der Waals surface area contributed by atoms with Crippen LogP contribution in [0, 0.1) is 0 Å². The molecule has 2 aromatic rings. The lowest BCUT2D eigenvalue weighted by molar-refractivity contribution is 0.245. The molecule has 2 amide bonds. The van der Waals surface area contributed by atoms with E-state index in [0.29, 0.717) is 0 Å². The maximum Gasteiger partial charge on any atom is 0.312 e. The molecule has 6 heteroatoms. The summed E-state index contributed by atoms with van der Waals surface area (Å²) < 4.78 is 1.94. The number of hydrogen-bond acceptors (Lipinski definition) is 3. The van der Waals surface area contributed by atoms with E-state index in [0.717, 1.165) is 10.7 Å². The lowest BCUT2D eigenvalue weighted by atomic mass is 10.3. The number of nitrogens with zero attached hydrogens (tertiary/aromatic N) is 2. The number of hydrogen-bond donors (Lipinski definition) is 2. The summed E-state index contributed by atoms with van der Waals surface area (Å²) in [6.45, 7) is 1.84. The van der Waals surface area contributed by atoms with Crippen LogP contribution in [0.1, 0.15) is 18.8 Å². The van der Waals surface area contributed by atoms with Crippen molar-refractivity contribution in [3.63, 3.8) is 0 Å². The number of aromatic nitrogens is 2. The van der Waals surface area contributed by atoms with Gasteiger partial charge in [0.25, 0.3) is 0 Å². The van der Waals surface area contributed by atoms with Crippen LogP contribution in [0.4, 0.5) is 4.79 Å². The molecule has 2 heterocycles. The van der Waals surface area contributed by atoms with E-state index < -0.39 is 6.03 Å². The van der Waals surface area contributed by atoms with Crippen LogP contribution in [0.2, 0.25) is 0 Å². The second-order valence-corrected chi connectivity index (χ2v) is 3.88. The van der Waals surface area contributed by atoms with Crippen molar-refractivity contribution in [3.8, 4) is 0 Å². The Balaban J connectivity index is 2.33. The highest BCUT2D eigenvalue weighted by atomic mass is 32.1. The molecule has 0 radical (unpaired) electrons. The van der Waals surface area contributed by atoms with E-state index in [-0.39, 0.29) is 6.04 Å². The Kier molecular flexibility index (Phi) is 2.12. The molecule has 0 aliphatic heterocycles. The van der Waals surface area contributed by atoms with Crippen molar-refractivity contribution in [3.05, 3.63) is 23.6 Å². The Morgan fingerprint density at radius 3 is 3.29 bits per heavy atom. The van der Waals surface area contributed by atoms with Gasteiger partial charge in [-0.25, -0.2) is 9.78 Å². The Labute approximate surface area is 84.6 Å². The molecule has 5 nitrogen and oxygen atoms in total. The molecule has 0 fully saturated rings. The van der Waals surface area contributed by atoms with Gasteiger partial charge in [0, 0.05) is 11.6 Å². The molecule has 2 rings (SSSR count). The van der Waals surface area contributed by atoms with Crippen LogP contribution in [0.15, 0.2) is 17.8 Å². The second-order valence-electron chi connectivity index (χ2n) is 2.96. The van der Waals surface area contributed by atoms with Crippen LogP contribution in [-0.2, 0) is 0 Å². The summed E-state index contributed by atoms with van der Waals surface area (Å²) in [7, 11) is 0. The van der Waals surface area contributed by atoms with Crippen molar-refractivity contribution in [1.82, 2.24) is 14.7 Å². The highest BCUT2D eigenvalue weighted by Crippen LogP contribution is 2.17. The predicted molar refractivity (Wildman–Crippen MR) is 54.2 cm³/mol. The van der Waals surface area contributed by atoms with Gasteiger partial charge in [0.1, 0.15) is 10.7 Å². The fraction of sp³-hybridized carbons (Fsp3) is 0.250. The van der Waals surface area contributed by atoms with Crippen molar-refractivity contribution < 1.29 is 4.79 Å². The second kappa shape index (κ2) is 3.30. The first kappa shape index (κ1) is 9.01. The Bertz CT molecular complexity index is 461. The van der Waals surface area contributed by atoms with Crippen molar-refractivity contribution in [2.75, 3.05) is 0 Å². The summed E-state index contributed by atoms with van der Waals surface area (Å²) in [6, 6.07) is -0.714. The van der Waals surface area contributed by atoms with Crippen molar-refractivity contribution in [2.45, 2.75) is 13.0 Å². The molecule has 0 bridgehead atoms. The molecule has 74 valence electrons. The van der Waals surface area contributed by atoms with Crippen molar-refractivity contribution >= 4 is 22.2 Å². The van der Waals surface area contributed by atoms with Crippen LogP contribution < -0.4 is 11.1 Å². The molecular formula is C8H10N4OS. The maximum atomic E-state index is 10.7. The normalized spacial score (nSPS) is 12.9. The van der Waals surface area contributed by atoms with Gasteiger partial charge in [0.15, 0.2) is 0 Å². The third-order valence-corrected chi connectivity index (χ3v) is 2.74. The topological polar surface area (TPSA) is 72.4 Å². The number of carbonyl (C=O) groups is 1. The summed E-state index contributed by atoms with van der Waals surface area (Å²) >= 11 is 1.60. The smallest absolute Gasteiger partial charge is 0.312 e. The number of carbonyl (C=O) groups excluding carboxylic acids is 1. The molecule has 0 spiro atoms. The van der Waals surface area contributed by atoms with Crippen LogP contribution in [0.3, 0.4) is 0 Å². The molecule has 2 aromatic heterocycles. The van der Waals surface area contributed by atoms with Gasteiger partial charge in [-0.05, 0) is 6.92 Å². The molecule has 0 aliphatic carbocycles. The van der Waals surface area contributed by atoms with Gasteiger partial charge >= 0.3 is 6.03 Å². The highest BCUT2D eigenvalue weighted by Gasteiger charge is 2.13. The largest absolute Gasteiger partial charge is 0.352 e. The average Bonchev–Trinajstić information content (AvgIpc) is 2.59. The number of fused-ring (bicyclic) bond motifs is 1. The van der Waals surface area contributed by atoms with Gasteiger partial charge in [-0.2, -0.15) is 0 Å². The third-order valence-electron chi connectivity index (χ3n) is 1.94. The molecule has 1 atom stereocenters. The number of amides is 2. The number of primary amides is 1. The first-order valence-corrected chi connectivity index (χ1v) is 5.03. The Morgan fingerprint density at radius 2 is 2.57 bits per heavy atom. The van der Waals surface area contributed by atoms with Gasteiger partial charge < -0.3 is 11.1 Å². The van der Waals surface area contributed by atoms with Gasteiger partial charge in [0.05, 0.1) is 12.2 Å². The zero-order valence-corrected chi connectivity index (χ0v) is 8.41. The number of nitrogens with one attached hydrogen (secondary N) is 1. The average molecular weight is 210 g/mol. The SMILES string of the molecule is C[C@@H](NC(N)=O)c1ncc2sccn12. The third kappa shape index (κ3) is 1.44. The summed E-state index contributed by atoms with van der Waals surface area (Å²) in [5, 5.41) is 4.56.